The number of hydrogen-bond acceptors (Lipinski definition) is 5. The minimum Gasteiger partial charge on any atom is -0.345 e. The van der Waals surface area contributed by atoms with Gasteiger partial charge in [-0.05, 0) is 48.7 Å². The van der Waals surface area contributed by atoms with E-state index in [9.17, 15) is 13.2 Å². The summed E-state index contributed by atoms with van der Waals surface area (Å²) in [5.41, 5.74) is 2.74. The lowest BCUT2D eigenvalue weighted by molar-refractivity contribution is 0.0949. The number of sulfonamides is 1. The molecule has 1 amide bonds. The minimum atomic E-state index is -3.32. The van der Waals surface area contributed by atoms with E-state index < -0.39 is 10.0 Å². The van der Waals surface area contributed by atoms with E-state index >= 15 is 0 Å². The van der Waals surface area contributed by atoms with Crippen molar-refractivity contribution in [2.24, 2.45) is 0 Å². The SMILES string of the molecule is CS(=O)(=O)N1CCCc2cc(C(=O)NCc3nnc4ccccn34)ccc21. The molecule has 0 bridgehead atoms. The molecular formula is C18H19N5O3S. The second-order valence-electron chi connectivity index (χ2n) is 6.51. The maximum absolute atomic E-state index is 12.5. The van der Waals surface area contributed by atoms with Crippen LogP contribution in [-0.4, -0.2) is 41.7 Å². The van der Waals surface area contributed by atoms with Gasteiger partial charge >= 0.3 is 0 Å². The molecule has 0 fully saturated rings. The third-order valence-corrected chi connectivity index (χ3v) is 5.79. The molecule has 1 aliphatic heterocycles. The lowest BCUT2D eigenvalue weighted by Gasteiger charge is -2.29. The Balaban J connectivity index is 1.53. The number of aromatic nitrogens is 3. The molecule has 1 aromatic carbocycles. The van der Waals surface area contributed by atoms with Crippen LogP contribution in [0.3, 0.4) is 0 Å². The van der Waals surface area contributed by atoms with Gasteiger partial charge in [0.1, 0.15) is 0 Å². The lowest BCUT2D eigenvalue weighted by Crippen LogP contribution is -2.34. The van der Waals surface area contributed by atoms with Crippen LogP contribution in [0.1, 0.15) is 28.2 Å². The van der Waals surface area contributed by atoms with Crippen LogP contribution >= 0.6 is 0 Å². The monoisotopic (exact) mass is 385 g/mol. The smallest absolute Gasteiger partial charge is 0.251 e. The van der Waals surface area contributed by atoms with Crippen molar-refractivity contribution in [3.63, 3.8) is 0 Å². The summed E-state index contributed by atoms with van der Waals surface area (Å²) < 4.78 is 27.1. The molecule has 0 saturated carbocycles. The molecule has 1 N–H and O–H groups in total. The third-order valence-electron chi connectivity index (χ3n) is 4.61. The van der Waals surface area contributed by atoms with Gasteiger partial charge in [-0.25, -0.2) is 8.42 Å². The molecule has 0 aliphatic carbocycles. The first-order valence-corrected chi connectivity index (χ1v) is 10.5. The van der Waals surface area contributed by atoms with E-state index in [0.717, 1.165) is 24.1 Å². The van der Waals surface area contributed by atoms with E-state index in [1.165, 1.54) is 10.6 Å². The Morgan fingerprint density at radius 2 is 2.07 bits per heavy atom. The Morgan fingerprint density at radius 3 is 2.89 bits per heavy atom. The van der Waals surface area contributed by atoms with E-state index in [1.54, 1.807) is 18.2 Å². The highest BCUT2D eigenvalue weighted by Gasteiger charge is 2.24. The zero-order valence-electron chi connectivity index (χ0n) is 14.8. The highest BCUT2D eigenvalue weighted by molar-refractivity contribution is 7.92. The van der Waals surface area contributed by atoms with Gasteiger partial charge in [-0.15, -0.1) is 10.2 Å². The lowest BCUT2D eigenvalue weighted by atomic mass is 10.0. The maximum atomic E-state index is 12.5. The number of amides is 1. The molecule has 140 valence electrons. The third kappa shape index (κ3) is 3.37. The average Bonchev–Trinajstić information content (AvgIpc) is 3.07. The number of nitrogens with one attached hydrogen (secondary N) is 1. The van der Waals surface area contributed by atoms with Gasteiger partial charge in [0.2, 0.25) is 10.0 Å². The fraction of sp³-hybridized carbons (Fsp3) is 0.278. The maximum Gasteiger partial charge on any atom is 0.251 e. The molecule has 8 nitrogen and oxygen atoms in total. The number of carbonyl (C=O) groups excluding carboxylic acids is 1. The van der Waals surface area contributed by atoms with Crippen molar-refractivity contribution in [1.82, 2.24) is 19.9 Å². The molecule has 3 aromatic rings. The summed E-state index contributed by atoms with van der Waals surface area (Å²) >= 11 is 0. The summed E-state index contributed by atoms with van der Waals surface area (Å²) in [6.07, 6.45) is 4.52. The van der Waals surface area contributed by atoms with Gasteiger partial charge in [-0.2, -0.15) is 0 Å². The number of fused-ring (bicyclic) bond motifs is 2. The summed E-state index contributed by atoms with van der Waals surface area (Å²) in [5, 5.41) is 11.0. The van der Waals surface area contributed by atoms with E-state index in [4.69, 9.17) is 0 Å². The number of rotatable bonds is 4. The Kier molecular flexibility index (Phi) is 4.31. The summed E-state index contributed by atoms with van der Waals surface area (Å²) in [7, 11) is -3.32. The molecule has 3 heterocycles. The fourth-order valence-electron chi connectivity index (χ4n) is 3.32. The molecule has 0 radical (unpaired) electrons. The number of pyridine rings is 1. The topological polar surface area (TPSA) is 96.7 Å². The molecule has 4 rings (SSSR count). The Bertz CT molecular complexity index is 1120. The summed E-state index contributed by atoms with van der Waals surface area (Å²) in [4.78, 5) is 12.5. The van der Waals surface area contributed by atoms with Crippen LogP contribution in [0.4, 0.5) is 5.69 Å². The highest BCUT2D eigenvalue weighted by Crippen LogP contribution is 2.29. The van der Waals surface area contributed by atoms with Crippen LogP contribution in [-0.2, 0) is 23.0 Å². The predicted octanol–water partition coefficient (Wildman–Crippen LogP) is 1.37. The Hall–Kier alpha value is -2.94. The van der Waals surface area contributed by atoms with Crippen molar-refractivity contribution in [2.45, 2.75) is 19.4 Å². The highest BCUT2D eigenvalue weighted by atomic mass is 32.2. The van der Waals surface area contributed by atoms with Crippen molar-refractivity contribution >= 4 is 27.3 Å². The van der Waals surface area contributed by atoms with Crippen molar-refractivity contribution in [2.75, 3.05) is 17.1 Å². The number of benzene rings is 1. The van der Waals surface area contributed by atoms with E-state index in [-0.39, 0.29) is 12.5 Å². The summed E-state index contributed by atoms with van der Waals surface area (Å²) in [6.45, 7) is 0.716. The van der Waals surface area contributed by atoms with Crippen molar-refractivity contribution in [3.05, 3.63) is 59.5 Å². The molecular weight excluding hydrogens is 366 g/mol. The molecule has 1 aliphatic rings. The standard InChI is InChI=1S/C18H19N5O3S/c1-27(25,26)23-10-4-5-13-11-14(7-8-15(13)23)18(24)19-12-17-21-20-16-6-2-3-9-22(16)17/h2-3,6-9,11H,4-5,10,12H2,1H3,(H,19,24). The van der Waals surface area contributed by atoms with Crippen LogP contribution in [0.15, 0.2) is 42.6 Å². The van der Waals surface area contributed by atoms with Crippen LogP contribution in [0.5, 0.6) is 0 Å². The van der Waals surface area contributed by atoms with E-state index in [2.05, 4.69) is 15.5 Å². The zero-order valence-corrected chi connectivity index (χ0v) is 15.6. The van der Waals surface area contributed by atoms with Gasteiger partial charge in [0.25, 0.3) is 5.91 Å². The Labute approximate surface area is 156 Å². The molecule has 27 heavy (non-hydrogen) atoms. The quantitative estimate of drug-likeness (QED) is 0.732. The largest absolute Gasteiger partial charge is 0.345 e. The summed E-state index contributed by atoms with van der Waals surface area (Å²) in [5.74, 6) is 0.405. The molecule has 2 aromatic heterocycles. The molecule has 0 atom stereocenters. The number of nitrogens with zero attached hydrogens (tertiary/aromatic N) is 4. The number of anilines is 1. The number of hydrogen-bond donors (Lipinski definition) is 1. The van der Waals surface area contributed by atoms with Crippen LogP contribution < -0.4 is 9.62 Å². The predicted molar refractivity (Wildman–Crippen MR) is 101 cm³/mol. The fourth-order valence-corrected chi connectivity index (χ4v) is 4.32. The van der Waals surface area contributed by atoms with Gasteiger partial charge in [-0.3, -0.25) is 13.5 Å². The first kappa shape index (κ1) is 17.5. The van der Waals surface area contributed by atoms with E-state index in [0.29, 0.717) is 23.6 Å². The number of carbonyl (C=O) groups is 1. The molecule has 0 spiro atoms. The van der Waals surface area contributed by atoms with Crippen molar-refractivity contribution in [1.29, 1.82) is 0 Å². The van der Waals surface area contributed by atoms with Gasteiger partial charge in [0, 0.05) is 18.3 Å². The van der Waals surface area contributed by atoms with Gasteiger partial charge in [0.05, 0.1) is 18.5 Å². The van der Waals surface area contributed by atoms with Gasteiger partial charge < -0.3 is 5.32 Å². The van der Waals surface area contributed by atoms with Crippen LogP contribution in [0.2, 0.25) is 0 Å². The second kappa shape index (κ2) is 6.66. The molecule has 0 unspecified atom stereocenters. The summed E-state index contributed by atoms with van der Waals surface area (Å²) in [6, 6.07) is 10.7. The molecule has 0 saturated heterocycles. The second-order valence-corrected chi connectivity index (χ2v) is 8.42. The Morgan fingerprint density at radius 1 is 1.22 bits per heavy atom. The van der Waals surface area contributed by atoms with Crippen molar-refractivity contribution < 1.29 is 13.2 Å². The molecule has 9 heteroatoms. The van der Waals surface area contributed by atoms with Gasteiger partial charge in [0.15, 0.2) is 11.5 Å². The van der Waals surface area contributed by atoms with E-state index in [1.807, 2.05) is 28.8 Å². The van der Waals surface area contributed by atoms with Crippen LogP contribution in [0.25, 0.3) is 5.65 Å². The zero-order chi connectivity index (χ0) is 19.0. The number of aryl methyl sites for hydroxylation is 1. The normalized spacial score (nSPS) is 14.2. The first-order chi connectivity index (χ1) is 12.9. The first-order valence-electron chi connectivity index (χ1n) is 8.61. The average molecular weight is 385 g/mol. The van der Waals surface area contributed by atoms with Crippen molar-refractivity contribution in [3.8, 4) is 0 Å². The van der Waals surface area contributed by atoms with Gasteiger partial charge in [-0.1, -0.05) is 6.07 Å². The van der Waals surface area contributed by atoms with Crippen LogP contribution in [0, 0.1) is 0 Å². The minimum absolute atomic E-state index is 0.234.